The van der Waals surface area contributed by atoms with Gasteiger partial charge in [-0.25, -0.2) is 4.57 Å². The first kappa shape index (κ1) is 58.1. The molecule has 0 aliphatic carbocycles. The third-order valence-electron chi connectivity index (χ3n) is 8.69. The number of hydrogen-bond acceptors (Lipinski definition) is 11. The number of ether oxygens (including phenoxy) is 2. The molecule has 0 heterocycles. The standard InChI is InChI=1S/C48H76NO12P/c1-3-5-7-9-11-12-13-14-15-16-17-18-19-20-21-22-23-25-31-37-47(53)61-44(40-59-62(56,57)60-41-45(49)48(54)55)39-58-46(52)38-32-36-43(51)35-30-27-26-29-34-42(50)33-28-24-10-8-6-4-2/h5,7,11-12,14-15,17-18,20-21,24,26-30,34-35,42-45,50-51H,3-4,6,8-10,13,16,19,22-23,25,31-33,36-41,49H2,1-2H3,(H,54,55)(H,56,57)/b7-5-,12-11-,15-14-,18-17-,21-20-,27-26+,28-24-,34-29+,35-30-/t42-,43-,44-,45+/m1/s1. The van der Waals surface area contributed by atoms with E-state index in [9.17, 15) is 34.1 Å². The van der Waals surface area contributed by atoms with E-state index in [1.165, 1.54) is 12.8 Å². The number of hydrogen-bond donors (Lipinski definition) is 5. The number of allylic oxidation sites excluding steroid dienone is 15. The van der Waals surface area contributed by atoms with Crippen molar-refractivity contribution in [1.82, 2.24) is 0 Å². The van der Waals surface area contributed by atoms with Crippen molar-refractivity contribution in [1.29, 1.82) is 0 Å². The lowest BCUT2D eigenvalue weighted by Gasteiger charge is -2.20. The van der Waals surface area contributed by atoms with Crippen LogP contribution in [0.1, 0.15) is 129 Å². The predicted molar refractivity (Wildman–Crippen MR) is 247 cm³/mol. The second-order valence-electron chi connectivity index (χ2n) is 14.5. The van der Waals surface area contributed by atoms with Crippen LogP contribution in [0, 0.1) is 0 Å². The zero-order valence-corrected chi connectivity index (χ0v) is 38.0. The van der Waals surface area contributed by atoms with Gasteiger partial charge in [0, 0.05) is 12.8 Å². The van der Waals surface area contributed by atoms with E-state index in [1.807, 2.05) is 6.08 Å². The van der Waals surface area contributed by atoms with Gasteiger partial charge in [-0.2, -0.15) is 0 Å². The number of phosphoric ester groups is 1. The Labute approximate surface area is 371 Å². The van der Waals surface area contributed by atoms with Gasteiger partial charge >= 0.3 is 25.7 Å². The zero-order valence-electron chi connectivity index (χ0n) is 37.1. The van der Waals surface area contributed by atoms with Crippen LogP contribution in [0.5, 0.6) is 0 Å². The second kappa shape index (κ2) is 41.1. The summed E-state index contributed by atoms with van der Waals surface area (Å²) >= 11 is 0. The molecular weight excluding hydrogens is 813 g/mol. The van der Waals surface area contributed by atoms with Crippen molar-refractivity contribution >= 4 is 25.7 Å². The Morgan fingerprint density at radius 3 is 1.74 bits per heavy atom. The van der Waals surface area contributed by atoms with E-state index in [-0.39, 0.29) is 25.7 Å². The lowest BCUT2D eigenvalue weighted by atomic mass is 10.1. The topological polar surface area (TPSA) is 212 Å². The van der Waals surface area contributed by atoms with Crippen LogP contribution >= 0.6 is 7.82 Å². The number of unbranched alkanes of at least 4 members (excludes halogenated alkanes) is 6. The summed E-state index contributed by atoms with van der Waals surface area (Å²) in [5.41, 5.74) is 5.32. The monoisotopic (exact) mass is 890 g/mol. The number of carboxylic acid groups (broad SMARTS) is 1. The van der Waals surface area contributed by atoms with E-state index in [0.717, 1.165) is 64.2 Å². The molecule has 0 radical (unpaired) electrons. The highest BCUT2D eigenvalue weighted by Gasteiger charge is 2.28. The van der Waals surface area contributed by atoms with E-state index in [0.29, 0.717) is 12.8 Å². The number of carboxylic acids is 1. The van der Waals surface area contributed by atoms with Crippen molar-refractivity contribution in [2.24, 2.45) is 5.73 Å². The number of carbonyl (C=O) groups is 3. The van der Waals surface area contributed by atoms with E-state index in [2.05, 4.69) is 85.2 Å². The SMILES string of the molecule is CC/C=C\C/C=C\C/C=C\C/C=C\C/C=C\CCCCCC(=O)O[C@H](COC(=O)CCC[C@H](O)\C=C/C=C/C=C/[C@H](O)C/C=C\CCCCC)COP(=O)(O)OC[C@H](N)C(=O)O. The molecule has 0 aliphatic rings. The fourth-order valence-electron chi connectivity index (χ4n) is 5.17. The molecule has 0 fully saturated rings. The van der Waals surface area contributed by atoms with Crippen LogP contribution in [-0.2, 0) is 37.5 Å². The van der Waals surface area contributed by atoms with Crippen LogP contribution in [-0.4, -0.2) is 82.3 Å². The van der Waals surface area contributed by atoms with Gasteiger partial charge in [0.05, 0.1) is 25.4 Å². The summed E-state index contributed by atoms with van der Waals surface area (Å²) in [5, 5.41) is 29.2. The highest BCUT2D eigenvalue weighted by molar-refractivity contribution is 7.47. The summed E-state index contributed by atoms with van der Waals surface area (Å²) in [6, 6.07) is -1.57. The Hall–Kier alpha value is -3.94. The van der Waals surface area contributed by atoms with Crippen molar-refractivity contribution in [2.75, 3.05) is 19.8 Å². The summed E-state index contributed by atoms with van der Waals surface area (Å²) in [6.45, 7) is 2.32. The number of aliphatic hydroxyl groups is 2. The van der Waals surface area contributed by atoms with Gasteiger partial charge in [0.15, 0.2) is 6.10 Å². The molecule has 0 bridgehead atoms. The molecule has 6 N–H and O–H groups in total. The molecular formula is C48H76NO12P. The molecule has 0 saturated heterocycles. The van der Waals surface area contributed by atoms with Gasteiger partial charge in [-0.3, -0.25) is 23.4 Å². The largest absolute Gasteiger partial charge is 0.480 e. The van der Waals surface area contributed by atoms with E-state index in [4.69, 9.17) is 24.8 Å². The molecule has 0 saturated carbocycles. The van der Waals surface area contributed by atoms with Gasteiger partial charge in [-0.15, -0.1) is 0 Å². The van der Waals surface area contributed by atoms with Crippen LogP contribution in [0.4, 0.5) is 0 Å². The van der Waals surface area contributed by atoms with Crippen molar-refractivity contribution in [3.8, 4) is 0 Å². The third kappa shape index (κ3) is 40.2. The van der Waals surface area contributed by atoms with Crippen LogP contribution in [0.25, 0.3) is 0 Å². The van der Waals surface area contributed by atoms with Gasteiger partial charge in [-0.1, -0.05) is 142 Å². The molecule has 14 heteroatoms. The third-order valence-corrected chi connectivity index (χ3v) is 9.65. The first-order valence-electron chi connectivity index (χ1n) is 22.1. The van der Waals surface area contributed by atoms with Crippen LogP contribution in [0.15, 0.2) is 109 Å². The number of aliphatic hydroxyl groups excluding tert-OH is 2. The maximum absolute atomic E-state index is 12.6. The fourth-order valence-corrected chi connectivity index (χ4v) is 5.94. The molecule has 350 valence electrons. The minimum absolute atomic E-state index is 0.0531. The van der Waals surface area contributed by atoms with Crippen LogP contribution in [0.2, 0.25) is 0 Å². The zero-order chi connectivity index (χ0) is 45.9. The van der Waals surface area contributed by atoms with E-state index in [1.54, 1.807) is 36.5 Å². The predicted octanol–water partition coefficient (Wildman–Crippen LogP) is 9.78. The number of rotatable bonds is 39. The fraction of sp³-hybridized carbons (Fsp3) is 0.562. The normalized spacial score (nSPS) is 15.7. The molecule has 0 rings (SSSR count). The summed E-state index contributed by atoms with van der Waals surface area (Å²) in [5.74, 6) is -2.71. The molecule has 0 aromatic rings. The summed E-state index contributed by atoms with van der Waals surface area (Å²) in [7, 11) is -4.80. The van der Waals surface area contributed by atoms with Gasteiger partial charge in [0.25, 0.3) is 0 Å². The smallest absolute Gasteiger partial charge is 0.472 e. The quantitative estimate of drug-likeness (QED) is 0.0128. The van der Waals surface area contributed by atoms with Gasteiger partial charge < -0.3 is 35.4 Å². The molecule has 1 unspecified atom stereocenters. The van der Waals surface area contributed by atoms with Crippen molar-refractivity contribution < 1.29 is 57.7 Å². The maximum atomic E-state index is 12.6. The molecule has 0 aliphatic heterocycles. The molecule has 13 nitrogen and oxygen atoms in total. The van der Waals surface area contributed by atoms with Gasteiger partial charge in [-0.05, 0) is 83.5 Å². The Kier molecular flexibility index (Phi) is 38.5. The molecule has 0 amide bonds. The number of esters is 2. The molecule has 62 heavy (non-hydrogen) atoms. The highest BCUT2D eigenvalue weighted by Crippen LogP contribution is 2.43. The van der Waals surface area contributed by atoms with Gasteiger partial charge in [0.1, 0.15) is 12.6 Å². The van der Waals surface area contributed by atoms with Crippen molar-refractivity contribution in [3.63, 3.8) is 0 Å². The van der Waals surface area contributed by atoms with Gasteiger partial charge in [0.2, 0.25) is 0 Å². The minimum atomic E-state index is -4.80. The lowest BCUT2D eigenvalue weighted by molar-refractivity contribution is -0.161. The number of phosphoric acid groups is 1. The van der Waals surface area contributed by atoms with Crippen molar-refractivity contribution in [3.05, 3.63) is 109 Å². The number of nitrogens with two attached hydrogens (primary N) is 1. The highest BCUT2D eigenvalue weighted by atomic mass is 31.2. The maximum Gasteiger partial charge on any atom is 0.472 e. The minimum Gasteiger partial charge on any atom is -0.480 e. The second-order valence-corrected chi connectivity index (χ2v) is 15.9. The summed E-state index contributed by atoms with van der Waals surface area (Å²) in [4.78, 5) is 46.0. The molecule has 0 aromatic heterocycles. The van der Waals surface area contributed by atoms with Crippen LogP contribution < -0.4 is 5.73 Å². The Bertz CT molecular complexity index is 1500. The molecule has 0 aromatic carbocycles. The summed E-state index contributed by atoms with van der Waals surface area (Å²) in [6.07, 6.45) is 46.4. The Morgan fingerprint density at radius 2 is 1.15 bits per heavy atom. The molecule has 0 spiro atoms. The van der Waals surface area contributed by atoms with Crippen LogP contribution in [0.3, 0.4) is 0 Å². The first-order chi connectivity index (χ1) is 29.9. The summed E-state index contributed by atoms with van der Waals surface area (Å²) < 4.78 is 32.5. The Morgan fingerprint density at radius 1 is 0.613 bits per heavy atom. The molecule has 5 atom stereocenters. The number of carbonyl (C=O) groups excluding carboxylic acids is 2. The average molecular weight is 890 g/mol. The van der Waals surface area contributed by atoms with E-state index >= 15 is 0 Å². The van der Waals surface area contributed by atoms with E-state index < -0.39 is 69.9 Å². The average Bonchev–Trinajstić information content (AvgIpc) is 3.24. The Balaban J connectivity index is 4.69. The number of aliphatic carboxylic acids is 1. The van der Waals surface area contributed by atoms with Crippen molar-refractivity contribution in [2.45, 2.75) is 154 Å². The lowest BCUT2D eigenvalue weighted by Crippen LogP contribution is -2.34. The first-order valence-corrected chi connectivity index (χ1v) is 23.6.